The molecule has 9 nitrogen and oxygen atoms in total. The maximum Gasteiger partial charge on any atom is 0.251 e. The molecule has 200 valence electrons. The Balaban J connectivity index is 1.59. The SMILES string of the molecule is CS(=O)(=O)Nc1ccc(N=C/C(=N\N)c2cccc(N3CCC(F)(F)CC3)n2)c(N2CCCCCC2)c1. The second-order valence-corrected chi connectivity index (χ2v) is 11.2. The maximum atomic E-state index is 13.6. The lowest BCUT2D eigenvalue weighted by Gasteiger charge is -2.32. The summed E-state index contributed by atoms with van der Waals surface area (Å²) < 4.78 is 53.2. The Morgan fingerprint density at radius 2 is 1.76 bits per heavy atom. The van der Waals surface area contributed by atoms with E-state index in [1.807, 2.05) is 4.90 Å². The van der Waals surface area contributed by atoms with Crippen LogP contribution in [0.15, 0.2) is 46.5 Å². The van der Waals surface area contributed by atoms with E-state index in [0.717, 1.165) is 50.7 Å². The summed E-state index contributed by atoms with van der Waals surface area (Å²) >= 11 is 0. The van der Waals surface area contributed by atoms with Crippen molar-refractivity contribution in [2.75, 3.05) is 47.0 Å². The molecule has 1 aromatic heterocycles. The van der Waals surface area contributed by atoms with Crippen molar-refractivity contribution < 1.29 is 17.2 Å². The number of hydrogen-bond acceptors (Lipinski definition) is 8. The number of hydrazone groups is 1. The Kier molecular flexibility index (Phi) is 8.25. The van der Waals surface area contributed by atoms with Crippen LogP contribution in [-0.4, -0.2) is 63.7 Å². The van der Waals surface area contributed by atoms with E-state index in [2.05, 4.69) is 24.7 Å². The summed E-state index contributed by atoms with van der Waals surface area (Å²) in [5.41, 5.74) is 2.75. The molecule has 0 unspecified atom stereocenters. The van der Waals surface area contributed by atoms with Gasteiger partial charge in [0.05, 0.1) is 35.2 Å². The third-order valence-corrected chi connectivity index (χ3v) is 7.11. The first-order valence-corrected chi connectivity index (χ1v) is 14.3. The van der Waals surface area contributed by atoms with Gasteiger partial charge in [0, 0.05) is 39.0 Å². The smallest absolute Gasteiger partial charge is 0.251 e. The van der Waals surface area contributed by atoms with Crippen LogP contribution in [0.3, 0.4) is 0 Å². The largest absolute Gasteiger partial charge is 0.370 e. The second kappa shape index (κ2) is 11.4. The predicted octanol–water partition coefficient (Wildman–Crippen LogP) is 4.13. The van der Waals surface area contributed by atoms with E-state index < -0.39 is 15.9 Å². The highest BCUT2D eigenvalue weighted by Gasteiger charge is 2.34. The third-order valence-electron chi connectivity index (χ3n) is 6.51. The van der Waals surface area contributed by atoms with Gasteiger partial charge in [-0.15, -0.1) is 0 Å². The molecule has 0 amide bonds. The number of pyridine rings is 1. The fourth-order valence-corrected chi connectivity index (χ4v) is 5.13. The molecule has 2 aliphatic heterocycles. The zero-order valence-electron chi connectivity index (χ0n) is 20.9. The van der Waals surface area contributed by atoms with Crippen LogP contribution in [0.4, 0.5) is 31.7 Å². The van der Waals surface area contributed by atoms with E-state index in [9.17, 15) is 17.2 Å². The molecular weight excluding hydrogens is 500 g/mol. The number of nitrogens with two attached hydrogens (primary N) is 1. The summed E-state index contributed by atoms with van der Waals surface area (Å²) in [6.45, 7) is 2.14. The number of sulfonamides is 1. The minimum atomic E-state index is -3.43. The van der Waals surface area contributed by atoms with Gasteiger partial charge < -0.3 is 15.6 Å². The number of halogens is 2. The molecular formula is C25H33F2N7O2S. The first-order chi connectivity index (χ1) is 17.6. The van der Waals surface area contributed by atoms with E-state index in [1.54, 1.807) is 36.4 Å². The molecule has 0 atom stereocenters. The van der Waals surface area contributed by atoms with E-state index in [-0.39, 0.29) is 25.9 Å². The Morgan fingerprint density at radius 1 is 1.05 bits per heavy atom. The lowest BCUT2D eigenvalue weighted by atomic mass is 10.1. The minimum Gasteiger partial charge on any atom is -0.370 e. The summed E-state index contributed by atoms with van der Waals surface area (Å²) in [7, 11) is -3.43. The van der Waals surface area contributed by atoms with Crippen LogP contribution in [0.2, 0.25) is 0 Å². The standard InChI is InChI=1S/C25H33F2N7O2S/c1-37(35,36)32-19-9-10-21(23(17-19)33-13-4-2-3-5-14-33)29-18-22(31-28)20-7-6-8-24(30-20)34-15-11-25(26,27)12-16-34/h6-10,17-18,32H,2-5,11-16,28H2,1H3/b29-18?,31-22+. The van der Waals surface area contributed by atoms with Gasteiger partial charge in [-0.1, -0.05) is 18.9 Å². The molecule has 0 saturated carbocycles. The van der Waals surface area contributed by atoms with Gasteiger partial charge in [0.2, 0.25) is 10.0 Å². The number of benzene rings is 1. The van der Waals surface area contributed by atoms with Crippen LogP contribution in [0.5, 0.6) is 0 Å². The van der Waals surface area contributed by atoms with Crippen molar-refractivity contribution in [1.29, 1.82) is 0 Å². The first-order valence-electron chi connectivity index (χ1n) is 12.4. The molecule has 3 N–H and O–H groups in total. The molecule has 0 radical (unpaired) electrons. The van der Waals surface area contributed by atoms with Crippen molar-refractivity contribution in [1.82, 2.24) is 4.98 Å². The van der Waals surface area contributed by atoms with Crippen LogP contribution < -0.4 is 20.4 Å². The fourth-order valence-electron chi connectivity index (χ4n) is 4.58. The maximum absolute atomic E-state index is 13.6. The monoisotopic (exact) mass is 533 g/mol. The molecule has 2 saturated heterocycles. The topological polar surface area (TPSA) is 116 Å². The molecule has 0 bridgehead atoms. The molecule has 0 spiro atoms. The number of aliphatic imine (C=N–C) groups is 1. The van der Waals surface area contributed by atoms with Crippen molar-refractivity contribution in [2.24, 2.45) is 15.9 Å². The normalized spacial score (nSPS) is 19.2. The van der Waals surface area contributed by atoms with Crippen LogP contribution in [0.1, 0.15) is 44.2 Å². The summed E-state index contributed by atoms with van der Waals surface area (Å²) in [6, 6.07) is 10.5. The number of alkyl halides is 2. The number of aromatic nitrogens is 1. The number of hydrogen-bond donors (Lipinski definition) is 2. The minimum absolute atomic E-state index is 0.207. The number of anilines is 3. The molecule has 1 aromatic carbocycles. The van der Waals surface area contributed by atoms with E-state index in [1.165, 1.54) is 6.21 Å². The highest BCUT2D eigenvalue weighted by molar-refractivity contribution is 7.92. The van der Waals surface area contributed by atoms with E-state index in [0.29, 0.717) is 28.6 Å². The number of rotatable bonds is 7. The van der Waals surface area contributed by atoms with Crippen molar-refractivity contribution in [2.45, 2.75) is 44.4 Å². The van der Waals surface area contributed by atoms with Gasteiger partial charge in [0.15, 0.2) is 0 Å². The van der Waals surface area contributed by atoms with Crippen LogP contribution in [0, 0.1) is 0 Å². The Bertz CT molecular complexity index is 1250. The molecule has 2 fully saturated rings. The van der Waals surface area contributed by atoms with Gasteiger partial charge in [-0.3, -0.25) is 9.71 Å². The lowest BCUT2D eigenvalue weighted by molar-refractivity contribution is -0.0221. The number of nitrogens with zero attached hydrogens (tertiary/aromatic N) is 5. The molecule has 3 heterocycles. The molecule has 4 rings (SSSR count). The van der Waals surface area contributed by atoms with Crippen molar-refractivity contribution >= 4 is 44.8 Å². The number of nitrogens with one attached hydrogen (secondary N) is 1. The van der Waals surface area contributed by atoms with E-state index in [4.69, 9.17) is 5.84 Å². The Labute approximate surface area is 216 Å². The molecule has 12 heteroatoms. The predicted molar refractivity (Wildman–Crippen MR) is 145 cm³/mol. The van der Waals surface area contributed by atoms with Crippen molar-refractivity contribution in [3.8, 4) is 0 Å². The first kappa shape index (κ1) is 26.8. The zero-order chi connectivity index (χ0) is 26.5. The van der Waals surface area contributed by atoms with Gasteiger partial charge in [-0.2, -0.15) is 5.10 Å². The van der Waals surface area contributed by atoms with Gasteiger partial charge in [0.1, 0.15) is 11.5 Å². The molecule has 0 aliphatic carbocycles. The highest BCUT2D eigenvalue weighted by Crippen LogP contribution is 2.34. The van der Waals surface area contributed by atoms with Crippen molar-refractivity contribution in [3.05, 3.63) is 42.1 Å². The molecule has 2 aromatic rings. The van der Waals surface area contributed by atoms with E-state index >= 15 is 0 Å². The van der Waals surface area contributed by atoms with Crippen LogP contribution in [-0.2, 0) is 10.0 Å². The second-order valence-electron chi connectivity index (χ2n) is 9.48. The number of piperidine rings is 1. The summed E-state index contributed by atoms with van der Waals surface area (Å²) in [5, 5.41) is 3.87. The summed E-state index contributed by atoms with van der Waals surface area (Å²) in [5.74, 6) is 3.64. The zero-order valence-corrected chi connectivity index (χ0v) is 21.7. The van der Waals surface area contributed by atoms with Gasteiger partial charge in [-0.05, 0) is 43.2 Å². The summed E-state index contributed by atoms with van der Waals surface area (Å²) in [4.78, 5) is 13.3. The Morgan fingerprint density at radius 3 is 2.41 bits per heavy atom. The average Bonchev–Trinajstić information content (AvgIpc) is 3.14. The van der Waals surface area contributed by atoms with Gasteiger partial charge in [-0.25, -0.2) is 22.2 Å². The van der Waals surface area contributed by atoms with Crippen LogP contribution in [0.25, 0.3) is 0 Å². The fraction of sp³-hybridized carbons (Fsp3) is 0.480. The Hall–Kier alpha value is -3.28. The quantitative estimate of drug-likeness (QED) is 0.314. The van der Waals surface area contributed by atoms with Crippen molar-refractivity contribution in [3.63, 3.8) is 0 Å². The molecule has 37 heavy (non-hydrogen) atoms. The molecule has 2 aliphatic rings. The highest BCUT2D eigenvalue weighted by atomic mass is 32.2. The van der Waals surface area contributed by atoms with Crippen LogP contribution >= 0.6 is 0 Å². The van der Waals surface area contributed by atoms with Gasteiger partial charge >= 0.3 is 0 Å². The van der Waals surface area contributed by atoms with Gasteiger partial charge in [0.25, 0.3) is 5.92 Å². The average molecular weight is 534 g/mol. The summed E-state index contributed by atoms with van der Waals surface area (Å²) in [6.07, 6.45) is 6.61. The third kappa shape index (κ3) is 7.37. The lowest BCUT2D eigenvalue weighted by Crippen LogP contribution is -2.39.